The van der Waals surface area contributed by atoms with E-state index in [1.54, 1.807) is 6.20 Å². The Morgan fingerprint density at radius 2 is 1.97 bits per heavy atom. The van der Waals surface area contributed by atoms with Gasteiger partial charge in [-0.05, 0) is 38.8 Å². The van der Waals surface area contributed by atoms with Crippen LogP contribution in [0.25, 0.3) is 22.5 Å². The Labute approximate surface area is 191 Å². The van der Waals surface area contributed by atoms with Gasteiger partial charge in [0.25, 0.3) is 5.91 Å². The minimum absolute atomic E-state index is 0.201. The molecule has 170 valence electrons. The maximum Gasteiger partial charge on any atom is 0.277 e. The first-order valence-corrected chi connectivity index (χ1v) is 11.1. The highest BCUT2D eigenvalue weighted by Gasteiger charge is 2.23. The minimum Gasteiger partial charge on any atom is -0.443 e. The van der Waals surface area contributed by atoms with E-state index in [0.29, 0.717) is 17.1 Å². The molecule has 1 fully saturated rings. The largest absolute Gasteiger partial charge is 0.443 e. The highest BCUT2D eigenvalue weighted by molar-refractivity contribution is 6.03. The maximum absolute atomic E-state index is 12.7. The topological polar surface area (TPSA) is 107 Å². The Morgan fingerprint density at radius 3 is 2.73 bits per heavy atom. The predicted molar refractivity (Wildman–Crippen MR) is 125 cm³/mol. The molecule has 1 aliphatic heterocycles. The summed E-state index contributed by atoms with van der Waals surface area (Å²) in [5.74, 6) is -0.00195. The Kier molecular flexibility index (Phi) is 5.78. The average molecular weight is 447 g/mol. The number of nitrogens with zero attached hydrogens (tertiary/aromatic N) is 4. The lowest BCUT2D eigenvalue weighted by Gasteiger charge is -2.25. The van der Waals surface area contributed by atoms with Crippen LogP contribution in [-0.2, 0) is 11.3 Å². The quantitative estimate of drug-likeness (QED) is 0.456. The zero-order valence-electron chi connectivity index (χ0n) is 18.7. The molecule has 9 nitrogen and oxygen atoms in total. The Hall–Kier alpha value is -3.72. The zero-order chi connectivity index (χ0) is 22.8. The van der Waals surface area contributed by atoms with Gasteiger partial charge in [-0.15, -0.1) is 0 Å². The first kappa shape index (κ1) is 21.1. The number of anilines is 2. The summed E-state index contributed by atoms with van der Waals surface area (Å²) in [5.41, 5.74) is 4.37. The van der Waals surface area contributed by atoms with Crippen LogP contribution in [0.5, 0.6) is 0 Å². The molecular formula is C24H26N6O3. The van der Waals surface area contributed by atoms with Crippen LogP contribution in [0.1, 0.15) is 35.8 Å². The molecule has 33 heavy (non-hydrogen) atoms. The zero-order valence-corrected chi connectivity index (χ0v) is 18.7. The van der Waals surface area contributed by atoms with Gasteiger partial charge in [0.1, 0.15) is 6.26 Å². The van der Waals surface area contributed by atoms with E-state index in [9.17, 15) is 4.79 Å². The van der Waals surface area contributed by atoms with Crippen molar-refractivity contribution in [1.29, 1.82) is 0 Å². The summed E-state index contributed by atoms with van der Waals surface area (Å²) < 4.78 is 13.1. The van der Waals surface area contributed by atoms with Gasteiger partial charge >= 0.3 is 0 Å². The number of pyridine rings is 1. The van der Waals surface area contributed by atoms with E-state index in [4.69, 9.17) is 9.15 Å². The van der Waals surface area contributed by atoms with Gasteiger partial charge in [0.05, 0.1) is 22.8 Å². The monoisotopic (exact) mass is 446 g/mol. The predicted octanol–water partition coefficient (Wildman–Crippen LogP) is 4.26. The number of nitrogens with one attached hydrogen (secondary N) is 2. The second-order valence-electron chi connectivity index (χ2n) is 8.13. The molecule has 4 heterocycles. The standard InChI is InChI=1S/C24H26N6O3/c1-3-30-22-18(13-26-30)21(27-17-8-10-32-11-9-17)19(12-25-22)24-29-20(14-33-24)23(31)28-16-6-4-15(2)5-7-16/h4-7,12-14,17H,3,8-11H2,1-2H3,(H,25,27)(H,28,31). The van der Waals surface area contributed by atoms with E-state index >= 15 is 0 Å². The number of carbonyl (C=O) groups is 1. The summed E-state index contributed by atoms with van der Waals surface area (Å²) in [6, 6.07) is 7.85. The number of hydrogen-bond acceptors (Lipinski definition) is 7. The van der Waals surface area contributed by atoms with Crippen LogP contribution in [-0.4, -0.2) is 44.9 Å². The molecule has 9 heteroatoms. The molecule has 1 aliphatic rings. The number of ether oxygens (including phenoxy) is 1. The van der Waals surface area contributed by atoms with Crippen molar-refractivity contribution in [3.63, 3.8) is 0 Å². The molecule has 0 saturated carbocycles. The van der Waals surface area contributed by atoms with Crippen LogP contribution < -0.4 is 10.6 Å². The lowest BCUT2D eigenvalue weighted by atomic mass is 10.1. The van der Waals surface area contributed by atoms with Crippen LogP contribution in [0.2, 0.25) is 0 Å². The van der Waals surface area contributed by atoms with Gasteiger partial charge in [-0.2, -0.15) is 5.10 Å². The van der Waals surface area contributed by atoms with E-state index in [1.165, 1.54) is 6.26 Å². The third kappa shape index (κ3) is 4.31. The number of aryl methyl sites for hydroxylation is 2. The number of aromatic nitrogens is 4. The molecule has 0 unspecified atom stereocenters. The van der Waals surface area contributed by atoms with Crippen molar-refractivity contribution in [2.75, 3.05) is 23.8 Å². The molecule has 0 bridgehead atoms. The molecule has 0 aliphatic carbocycles. The average Bonchev–Trinajstić information content (AvgIpc) is 3.49. The van der Waals surface area contributed by atoms with Crippen molar-refractivity contribution in [1.82, 2.24) is 19.7 Å². The van der Waals surface area contributed by atoms with Crippen molar-refractivity contribution in [3.05, 3.63) is 54.2 Å². The van der Waals surface area contributed by atoms with E-state index in [1.807, 2.05) is 49.0 Å². The van der Waals surface area contributed by atoms with Crippen LogP contribution in [0.3, 0.4) is 0 Å². The van der Waals surface area contributed by atoms with Crippen molar-refractivity contribution in [2.45, 2.75) is 39.3 Å². The first-order chi connectivity index (χ1) is 16.1. The van der Waals surface area contributed by atoms with E-state index < -0.39 is 0 Å². The summed E-state index contributed by atoms with van der Waals surface area (Å²) in [6.45, 7) is 6.18. The number of hydrogen-bond donors (Lipinski definition) is 2. The fourth-order valence-electron chi connectivity index (χ4n) is 3.96. The van der Waals surface area contributed by atoms with Crippen LogP contribution in [0.15, 0.2) is 47.3 Å². The molecule has 1 aromatic carbocycles. The first-order valence-electron chi connectivity index (χ1n) is 11.1. The highest BCUT2D eigenvalue weighted by Crippen LogP contribution is 2.34. The molecule has 2 N–H and O–H groups in total. The summed E-state index contributed by atoms with van der Waals surface area (Å²) >= 11 is 0. The summed E-state index contributed by atoms with van der Waals surface area (Å²) in [7, 11) is 0. The number of rotatable bonds is 6. The Bertz CT molecular complexity index is 1270. The van der Waals surface area contributed by atoms with Crippen molar-refractivity contribution >= 4 is 28.3 Å². The number of amides is 1. The molecule has 1 saturated heterocycles. The van der Waals surface area contributed by atoms with E-state index in [0.717, 1.165) is 54.9 Å². The summed E-state index contributed by atoms with van der Waals surface area (Å²) in [4.78, 5) is 21.8. The van der Waals surface area contributed by atoms with Crippen molar-refractivity contribution < 1.29 is 13.9 Å². The van der Waals surface area contributed by atoms with Crippen LogP contribution in [0, 0.1) is 6.92 Å². The molecular weight excluding hydrogens is 420 g/mol. The van der Waals surface area contributed by atoms with Gasteiger partial charge in [0.15, 0.2) is 11.3 Å². The fourth-order valence-corrected chi connectivity index (χ4v) is 3.96. The number of oxazole rings is 1. The minimum atomic E-state index is -0.333. The molecule has 0 spiro atoms. The molecule has 4 aromatic rings. The SMILES string of the molecule is CCn1ncc2c(NC3CCOCC3)c(-c3nc(C(=O)Nc4ccc(C)cc4)co3)cnc21. The fraction of sp³-hybridized carbons (Fsp3) is 0.333. The molecule has 0 atom stereocenters. The lowest BCUT2D eigenvalue weighted by molar-refractivity contribution is 0.0905. The number of fused-ring (bicyclic) bond motifs is 1. The van der Waals surface area contributed by atoms with Crippen LogP contribution >= 0.6 is 0 Å². The number of carbonyl (C=O) groups excluding carboxylic acids is 1. The normalized spacial score (nSPS) is 14.5. The third-order valence-electron chi connectivity index (χ3n) is 5.81. The summed E-state index contributed by atoms with van der Waals surface area (Å²) in [5, 5.41) is 11.8. The third-order valence-corrected chi connectivity index (χ3v) is 5.81. The van der Waals surface area contributed by atoms with Gasteiger partial charge in [0.2, 0.25) is 5.89 Å². The second-order valence-corrected chi connectivity index (χ2v) is 8.13. The highest BCUT2D eigenvalue weighted by atomic mass is 16.5. The summed E-state index contributed by atoms with van der Waals surface area (Å²) in [6.07, 6.45) is 6.72. The molecule has 3 aromatic heterocycles. The van der Waals surface area contributed by atoms with Crippen LogP contribution in [0.4, 0.5) is 11.4 Å². The van der Waals surface area contributed by atoms with Gasteiger partial charge in [-0.25, -0.2) is 14.6 Å². The molecule has 5 rings (SSSR count). The number of benzene rings is 1. The van der Waals surface area contributed by atoms with Crippen molar-refractivity contribution in [3.8, 4) is 11.5 Å². The van der Waals surface area contributed by atoms with Gasteiger partial charge in [-0.1, -0.05) is 17.7 Å². The van der Waals surface area contributed by atoms with E-state index in [2.05, 4.69) is 25.7 Å². The molecule has 0 radical (unpaired) electrons. The van der Waals surface area contributed by atoms with E-state index in [-0.39, 0.29) is 17.6 Å². The maximum atomic E-state index is 12.7. The second kappa shape index (κ2) is 9.03. The van der Waals surface area contributed by atoms with Gasteiger partial charge in [0, 0.05) is 37.7 Å². The lowest BCUT2D eigenvalue weighted by Crippen LogP contribution is -2.28. The van der Waals surface area contributed by atoms with Crippen molar-refractivity contribution in [2.24, 2.45) is 0 Å². The smallest absolute Gasteiger partial charge is 0.277 e. The van der Waals surface area contributed by atoms with Gasteiger partial charge in [-0.3, -0.25) is 4.79 Å². The molecule has 1 amide bonds. The Morgan fingerprint density at radius 1 is 1.18 bits per heavy atom. The van der Waals surface area contributed by atoms with Gasteiger partial charge < -0.3 is 19.8 Å². The Balaban J connectivity index is 1.47.